The summed E-state index contributed by atoms with van der Waals surface area (Å²) in [4.78, 5) is 0. The van der Waals surface area contributed by atoms with Gasteiger partial charge in [0.15, 0.2) is 11.5 Å². The fraction of sp³-hybridized carbons (Fsp3) is 0.625. The van der Waals surface area contributed by atoms with Gasteiger partial charge in [-0.3, -0.25) is 0 Å². The zero-order valence-corrected chi connectivity index (χ0v) is 12.8. The molecule has 114 valence electrons. The van der Waals surface area contributed by atoms with E-state index in [0.29, 0.717) is 19.6 Å². The van der Waals surface area contributed by atoms with Crippen LogP contribution < -0.4 is 15.2 Å². The van der Waals surface area contributed by atoms with Gasteiger partial charge in [-0.1, -0.05) is 13.0 Å². The van der Waals surface area contributed by atoms with Gasteiger partial charge in [0.25, 0.3) is 0 Å². The SMILES string of the molecule is CCc1ccc(OCCCCC(C)(O)CN)c(OC)c1. The lowest BCUT2D eigenvalue weighted by molar-refractivity contribution is 0.0561. The van der Waals surface area contributed by atoms with Gasteiger partial charge in [0.1, 0.15) is 0 Å². The molecule has 0 saturated heterocycles. The van der Waals surface area contributed by atoms with Gasteiger partial charge in [-0.2, -0.15) is 0 Å². The zero-order valence-electron chi connectivity index (χ0n) is 12.8. The average Bonchev–Trinajstić information content (AvgIpc) is 2.46. The van der Waals surface area contributed by atoms with E-state index in [1.165, 1.54) is 5.56 Å². The molecule has 0 heterocycles. The molecule has 0 saturated carbocycles. The maximum atomic E-state index is 9.79. The fourth-order valence-corrected chi connectivity index (χ4v) is 1.94. The van der Waals surface area contributed by atoms with Crippen LogP contribution in [0.15, 0.2) is 18.2 Å². The van der Waals surface area contributed by atoms with Crippen molar-refractivity contribution < 1.29 is 14.6 Å². The molecule has 0 aromatic heterocycles. The molecule has 1 atom stereocenters. The second-order valence-corrected chi connectivity index (χ2v) is 5.35. The monoisotopic (exact) mass is 281 g/mol. The quantitative estimate of drug-likeness (QED) is 0.683. The lowest BCUT2D eigenvalue weighted by atomic mass is 10.00. The normalized spacial score (nSPS) is 13.8. The zero-order chi connectivity index (χ0) is 15.0. The molecule has 0 aliphatic carbocycles. The first-order chi connectivity index (χ1) is 9.52. The predicted molar refractivity (Wildman–Crippen MR) is 81.4 cm³/mol. The number of unbranched alkanes of at least 4 members (excludes halogenated alkanes) is 1. The summed E-state index contributed by atoms with van der Waals surface area (Å²) in [5, 5.41) is 9.79. The van der Waals surface area contributed by atoms with Crippen molar-refractivity contribution in [1.29, 1.82) is 0 Å². The molecule has 1 unspecified atom stereocenters. The summed E-state index contributed by atoms with van der Waals surface area (Å²) in [5.41, 5.74) is 5.95. The van der Waals surface area contributed by atoms with E-state index in [4.69, 9.17) is 15.2 Å². The molecule has 0 amide bonds. The fourth-order valence-electron chi connectivity index (χ4n) is 1.94. The maximum absolute atomic E-state index is 9.79. The summed E-state index contributed by atoms with van der Waals surface area (Å²) in [6, 6.07) is 6.01. The summed E-state index contributed by atoms with van der Waals surface area (Å²) in [5.74, 6) is 1.55. The van der Waals surface area contributed by atoms with E-state index in [0.717, 1.165) is 30.8 Å². The van der Waals surface area contributed by atoms with Crippen LogP contribution in [0.3, 0.4) is 0 Å². The van der Waals surface area contributed by atoms with Gasteiger partial charge in [-0.05, 0) is 50.3 Å². The van der Waals surface area contributed by atoms with Gasteiger partial charge >= 0.3 is 0 Å². The van der Waals surface area contributed by atoms with Crippen LogP contribution in [0.1, 0.15) is 38.7 Å². The first kappa shape index (κ1) is 16.8. The molecule has 0 spiro atoms. The lowest BCUT2D eigenvalue weighted by Crippen LogP contribution is -2.33. The molecule has 3 N–H and O–H groups in total. The molecular formula is C16H27NO3. The van der Waals surface area contributed by atoms with E-state index in [2.05, 4.69) is 13.0 Å². The van der Waals surface area contributed by atoms with Crippen LogP contribution in [-0.2, 0) is 6.42 Å². The molecule has 4 nitrogen and oxygen atoms in total. The van der Waals surface area contributed by atoms with Crippen LogP contribution >= 0.6 is 0 Å². The Hall–Kier alpha value is -1.26. The van der Waals surface area contributed by atoms with Crippen molar-refractivity contribution >= 4 is 0 Å². The highest BCUT2D eigenvalue weighted by Gasteiger charge is 2.16. The summed E-state index contributed by atoms with van der Waals surface area (Å²) in [6.07, 6.45) is 3.44. The van der Waals surface area contributed by atoms with Crippen molar-refractivity contribution in [1.82, 2.24) is 0 Å². The Morgan fingerprint density at radius 1 is 1.25 bits per heavy atom. The first-order valence-corrected chi connectivity index (χ1v) is 7.24. The van der Waals surface area contributed by atoms with Gasteiger partial charge in [-0.25, -0.2) is 0 Å². The van der Waals surface area contributed by atoms with E-state index in [-0.39, 0.29) is 0 Å². The van der Waals surface area contributed by atoms with Crippen molar-refractivity contribution in [2.24, 2.45) is 5.73 Å². The molecule has 0 radical (unpaired) electrons. The topological polar surface area (TPSA) is 64.7 Å². The number of methoxy groups -OCH3 is 1. The molecule has 0 aliphatic heterocycles. The van der Waals surface area contributed by atoms with E-state index in [1.54, 1.807) is 14.0 Å². The Labute approximate surface area is 121 Å². The molecule has 20 heavy (non-hydrogen) atoms. The molecule has 4 heteroatoms. The van der Waals surface area contributed by atoms with Gasteiger partial charge in [0.2, 0.25) is 0 Å². The standard InChI is InChI=1S/C16H27NO3/c1-4-13-7-8-14(15(11-13)19-3)20-10-6-5-9-16(2,18)12-17/h7-8,11,18H,4-6,9-10,12,17H2,1-3H3. The van der Waals surface area contributed by atoms with Crippen molar-refractivity contribution in [2.75, 3.05) is 20.3 Å². The second kappa shape index (κ2) is 8.12. The summed E-state index contributed by atoms with van der Waals surface area (Å²) >= 11 is 0. The van der Waals surface area contributed by atoms with Gasteiger partial charge in [-0.15, -0.1) is 0 Å². The van der Waals surface area contributed by atoms with Crippen LogP contribution in [0.25, 0.3) is 0 Å². The van der Waals surface area contributed by atoms with Gasteiger partial charge < -0.3 is 20.3 Å². The minimum Gasteiger partial charge on any atom is -0.493 e. The molecule has 0 aliphatic rings. The van der Waals surface area contributed by atoms with Crippen LogP contribution in [0.5, 0.6) is 11.5 Å². The Kier molecular flexibility index (Phi) is 6.82. The van der Waals surface area contributed by atoms with E-state index in [9.17, 15) is 5.11 Å². The molecular weight excluding hydrogens is 254 g/mol. The van der Waals surface area contributed by atoms with Crippen molar-refractivity contribution in [2.45, 2.75) is 45.1 Å². The minimum atomic E-state index is -0.763. The van der Waals surface area contributed by atoms with E-state index >= 15 is 0 Å². The Morgan fingerprint density at radius 2 is 2.00 bits per heavy atom. The lowest BCUT2D eigenvalue weighted by Gasteiger charge is -2.20. The predicted octanol–water partition coefficient (Wildman–Crippen LogP) is 2.52. The number of nitrogens with two attached hydrogens (primary N) is 1. The van der Waals surface area contributed by atoms with Crippen LogP contribution in [0, 0.1) is 0 Å². The highest BCUT2D eigenvalue weighted by atomic mass is 16.5. The number of benzene rings is 1. The third kappa shape index (κ3) is 5.39. The maximum Gasteiger partial charge on any atom is 0.161 e. The first-order valence-electron chi connectivity index (χ1n) is 7.24. The van der Waals surface area contributed by atoms with Crippen molar-refractivity contribution in [3.63, 3.8) is 0 Å². The number of aliphatic hydroxyl groups is 1. The Morgan fingerprint density at radius 3 is 2.60 bits per heavy atom. The largest absolute Gasteiger partial charge is 0.493 e. The average molecular weight is 281 g/mol. The number of ether oxygens (including phenoxy) is 2. The Bertz CT molecular complexity index is 405. The molecule has 0 fully saturated rings. The molecule has 1 aromatic carbocycles. The molecule has 1 rings (SSSR count). The summed E-state index contributed by atoms with van der Waals surface area (Å²) in [6.45, 7) is 4.78. The second-order valence-electron chi connectivity index (χ2n) is 5.35. The van der Waals surface area contributed by atoms with Crippen LogP contribution in [-0.4, -0.2) is 31.0 Å². The number of rotatable bonds is 9. The number of hydrogen-bond donors (Lipinski definition) is 2. The molecule has 1 aromatic rings. The van der Waals surface area contributed by atoms with E-state index in [1.807, 2.05) is 12.1 Å². The summed E-state index contributed by atoms with van der Waals surface area (Å²) < 4.78 is 11.1. The summed E-state index contributed by atoms with van der Waals surface area (Å²) in [7, 11) is 1.65. The highest BCUT2D eigenvalue weighted by molar-refractivity contribution is 5.42. The van der Waals surface area contributed by atoms with Crippen molar-refractivity contribution in [3.8, 4) is 11.5 Å². The third-order valence-corrected chi connectivity index (χ3v) is 3.44. The van der Waals surface area contributed by atoms with Crippen LogP contribution in [0.2, 0.25) is 0 Å². The minimum absolute atomic E-state index is 0.292. The molecule has 0 bridgehead atoms. The highest BCUT2D eigenvalue weighted by Crippen LogP contribution is 2.28. The number of hydrogen-bond acceptors (Lipinski definition) is 4. The smallest absolute Gasteiger partial charge is 0.161 e. The van der Waals surface area contributed by atoms with Crippen molar-refractivity contribution in [3.05, 3.63) is 23.8 Å². The van der Waals surface area contributed by atoms with Gasteiger partial charge in [0, 0.05) is 6.54 Å². The van der Waals surface area contributed by atoms with Crippen LogP contribution in [0.4, 0.5) is 0 Å². The Balaban J connectivity index is 2.39. The van der Waals surface area contributed by atoms with E-state index < -0.39 is 5.60 Å². The number of aryl methyl sites for hydroxylation is 1. The van der Waals surface area contributed by atoms with Gasteiger partial charge in [0.05, 0.1) is 19.3 Å². The third-order valence-electron chi connectivity index (χ3n) is 3.44.